The zero-order chi connectivity index (χ0) is 25.6. The van der Waals surface area contributed by atoms with Crippen molar-refractivity contribution in [3.63, 3.8) is 0 Å². The summed E-state index contributed by atoms with van der Waals surface area (Å²) in [5.41, 5.74) is -0.00983. The minimum Gasteiger partial charge on any atom is -0.378 e. The Labute approximate surface area is 206 Å². The predicted molar refractivity (Wildman–Crippen MR) is 127 cm³/mol. The number of benzene rings is 2. The second-order valence-corrected chi connectivity index (χ2v) is 8.52. The molecule has 1 fully saturated rings. The van der Waals surface area contributed by atoms with Gasteiger partial charge in [-0.15, -0.1) is 0 Å². The SMILES string of the molecule is O=C(Cc1cccnc1)NC1(C(=O)NCc2ccc(Nc3ccccc3C(F)(F)F)cc2)CCOC1. The Kier molecular flexibility index (Phi) is 7.54. The normalized spacial score (nSPS) is 17.4. The van der Waals surface area contributed by atoms with Crippen LogP contribution < -0.4 is 16.0 Å². The molecular weight excluding hydrogens is 473 g/mol. The summed E-state index contributed by atoms with van der Waals surface area (Å²) < 4.78 is 45.1. The van der Waals surface area contributed by atoms with Gasteiger partial charge in [-0.3, -0.25) is 14.6 Å². The molecule has 36 heavy (non-hydrogen) atoms. The molecule has 2 heterocycles. The lowest BCUT2D eigenvalue weighted by Gasteiger charge is -2.27. The standard InChI is InChI=1S/C26H25F3N4O3/c27-26(28,29)21-5-1-2-6-22(21)32-20-9-7-18(8-10-20)16-31-24(35)25(11-13-36-17-25)33-23(34)14-19-4-3-12-30-15-19/h1-10,12,15,32H,11,13-14,16-17H2,(H,31,35)(H,33,34). The number of carbonyl (C=O) groups excluding carboxylic acids is 2. The Bertz CT molecular complexity index is 1200. The van der Waals surface area contributed by atoms with Gasteiger partial charge in [0.25, 0.3) is 0 Å². The maximum atomic E-state index is 13.2. The molecule has 0 radical (unpaired) electrons. The van der Waals surface area contributed by atoms with Crippen LogP contribution in [0.5, 0.6) is 0 Å². The van der Waals surface area contributed by atoms with Crippen molar-refractivity contribution in [3.8, 4) is 0 Å². The van der Waals surface area contributed by atoms with Crippen molar-refractivity contribution in [2.24, 2.45) is 0 Å². The molecule has 1 aliphatic heterocycles. The number of ether oxygens (including phenoxy) is 1. The van der Waals surface area contributed by atoms with E-state index in [1.807, 2.05) is 0 Å². The molecule has 3 aromatic rings. The van der Waals surface area contributed by atoms with E-state index in [2.05, 4.69) is 20.9 Å². The highest BCUT2D eigenvalue weighted by Gasteiger charge is 2.43. The van der Waals surface area contributed by atoms with Crippen LogP contribution in [0.25, 0.3) is 0 Å². The van der Waals surface area contributed by atoms with E-state index in [1.54, 1.807) is 48.8 Å². The summed E-state index contributed by atoms with van der Waals surface area (Å²) in [6.45, 7) is 0.595. The number of alkyl halides is 3. The van der Waals surface area contributed by atoms with E-state index in [1.165, 1.54) is 18.2 Å². The number of para-hydroxylation sites is 1. The third-order valence-electron chi connectivity index (χ3n) is 5.84. The first-order valence-corrected chi connectivity index (χ1v) is 11.3. The topological polar surface area (TPSA) is 92.4 Å². The van der Waals surface area contributed by atoms with Crippen molar-refractivity contribution in [2.45, 2.75) is 31.1 Å². The third-order valence-corrected chi connectivity index (χ3v) is 5.84. The Morgan fingerprint density at radius 2 is 1.78 bits per heavy atom. The molecule has 0 saturated carbocycles. The van der Waals surface area contributed by atoms with Crippen LogP contribution in [-0.2, 0) is 33.5 Å². The molecule has 1 atom stereocenters. The van der Waals surface area contributed by atoms with E-state index < -0.39 is 17.3 Å². The second-order valence-electron chi connectivity index (χ2n) is 8.52. The molecule has 10 heteroatoms. The average Bonchev–Trinajstić information content (AvgIpc) is 3.33. The number of anilines is 2. The predicted octanol–water partition coefficient (Wildman–Crippen LogP) is 3.98. The quantitative estimate of drug-likeness (QED) is 0.437. The first kappa shape index (κ1) is 25.2. The van der Waals surface area contributed by atoms with Crippen molar-refractivity contribution >= 4 is 23.2 Å². The van der Waals surface area contributed by atoms with Crippen LogP contribution >= 0.6 is 0 Å². The lowest BCUT2D eigenvalue weighted by Crippen LogP contribution is -2.59. The molecule has 0 aliphatic carbocycles. The Morgan fingerprint density at radius 3 is 2.44 bits per heavy atom. The van der Waals surface area contributed by atoms with E-state index in [0.29, 0.717) is 18.7 Å². The van der Waals surface area contributed by atoms with Crippen LogP contribution in [0, 0.1) is 0 Å². The third kappa shape index (κ3) is 6.19. The van der Waals surface area contributed by atoms with Gasteiger partial charge in [0.1, 0.15) is 5.54 Å². The molecule has 4 rings (SSSR count). The molecule has 1 unspecified atom stereocenters. The molecule has 0 spiro atoms. The number of rotatable bonds is 8. The van der Waals surface area contributed by atoms with E-state index in [9.17, 15) is 22.8 Å². The number of nitrogens with zero attached hydrogens (tertiary/aromatic N) is 1. The first-order valence-electron chi connectivity index (χ1n) is 11.3. The van der Waals surface area contributed by atoms with Gasteiger partial charge in [0, 0.05) is 37.7 Å². The Morgan fingerprint density at radius 1 is 1.00 bits per heavy atom. The number of halogens is 3. The van der Waals surface area contributed by atoms with Crippen molar-refractivity contribution in [1.29, 1.82) is 0 Å². The van der Waals surface area contributed by atoms with Crippen LogP contribution in [0.15, 0.2) is 73.1 Å². The number of pyridine rings is 1. The van der Waals surface area contributed by atoms with Gasteiger partial charge in [-0.05, 0) is 41.5 Å². The summed E-state index contributed by atoms with van der Waals surface area (Å²) in [7, 11) is 0. The highest BCUT2D eigenvalue weighted by atomic mass is 19.4. The van der Waals surface area contributed by atoms with Gasteiger partial charge in [0.05, 0.1) is 24.3 Å². The van der Waals surface area contributed by atoms with Gasteiger partial charge < -0.3 is 20.7 Å². The monoisotopic (exact) mass is 498 g/mol. The summed E-state index contributed by atoms with van der Waals surface area (Å²) in [4.78, 5) is 29.6. The maximum Gasteiger partial charge on any atom is 0.418 e. The number of nitrogens with one attached hydrogen (secondary N) is 3. The van der Waals surface area contributed by atoms with Crippen LogP contribution in [0.2, 0.25) is 0 Å². The lowest BCUT2D eigenvalue weighted by atomic mass is 9.96. The number of amides is 2. The van der Waals surface area contributed by atoms with E-state index in [-0.39, 0.29) is 37.1 Å². The molecule has 1 saturated heterocycles. The fourth-order valence-corrected chi connectivity index (χ4v) is 3.95. The van der Waals surface area contributed by atoms with Crippen LogP contribution in [0.3, 0.4) is 0 Å². The molecule has 2 aromatic carbocycles. The van der Waals surface area contributed by atoms with E-state index >= 15 is 0 Å². The van der Waals surface area contributed by atoms with Gasteiger partial charge >= 0.3 is 6.18 Å². The van der Waals surface area contributed by atoms with E-state index in [0.717, 1.165) is 17.2 Å². The molecule has 188 valence electrons. The smallest absolute Gasteiger partial charge is 0.378 e. The van der Waals surface area contributed by atoms with Gasteiger partial charge in [-0.2, -0.15) is 13.2 Å². The highest BCUT2D eigenvalue weighted by Crippen LogP contribution is 2.35. The van der Waals surface area contributed by atoms with Gasteiger partial charge in [-0.25, -0.2) is 0 Å². The van der Waals surface area contributed by atoms with Gasteiger partial charge in [-0.1, -0.05) is 30.3 Å². The fraction of sp³-hybridized carbons (Fsp3) is 0.269. The molecule has 2 amide bonds. The summed E-state index contributed by atoms with van der Waals surface area (Å²) in [5.74, 6) is -0.668. The minimum atomic E-state index is -4.47. The van der Waals surface area contributed by atoms with Gasteiger partial charge in [0.15, 0.2) is 0 Å². The zero-order valence-corrected chi connectivity index (χ0v) is 19.3. The lowest BCUT2D eigenvalue weighted by molar-refractivity contribution is -0.137. The maximum absolute atomic E-state index is 13.2. The van der Waals surface area contributed by atoms with Crippen molar-refractivity contribution in [1.82, 2.24) is 15.6 Å². The minimum absolute atomic E-state index is 0.0451. The molecular formula is C26H25F3N4O3. The van der Waals surface area contributed by atoms with E-state index in [4.69, 9.17) is 4.74 Å². The number of hydrogen-bond acceptors (Lipinski definition) is 5. The molecule has 1 aliphatic rings. The summed E-state index contributed by atoms with van der Waals surface area (Å²) in [6.07, 6.45) is -0.822. The molecule has 1 aromatic heterocycles. The zero-order valence-electron chi connectivity index (χ0n) is 19.3. The highest BCUT2D eigenvalue weighted by molar-refractivity contribution is 5.92. The van der Waals surface area contributed by atoms with Crippen molar-refractivity contribution in [3.05, 3.63) is 89.7 Å². The first-order chi connectivity index (χ1) is 17.2. The summed E-state index contributed by atoms with van der Waals surface area (Å²) in [5, 5.41) is 8.45. The summed E-state index contributed by atoms with van der Waals surface area (Å²) >= 11 is 0. The second kappa shape index (κ2) is 10.8. The van der Waals surface area contributed by atoms with Crippen LogP contribution in [0.4, 0.5) is 24.5 Å². The summed E-state index contributed by atoms with van der Waals surface area (Å²) in [6, 6.07) is 15.5. The molecule has 3 N–H and O–H groups in total. The number of hydrogen-bond donors (Lipinski definition) is 3. The fourth-order valence-electron chi connectivity index (χ4n) is 3.95. The van der Waals surface area contributed by atoms with Crippen molar-refractivity contribution < 1.29 is 27.5 Å². The number of aromatic nitrogens is 1. The van der Waals surface area contributed by atoms with Gasteiger partial charge in [0.2, 0.25) is 11.8 Å². The van der Waals surface area contributed by atoms with Crippen LogP contribution in [0.1, 0.15) is 23.1 Å². The van der Waals surface area contributed by atoms with Crippen molar-refractivity contribution in [2.75, 3.05) is 18.5 Å². The molecule has 0 bridgehead atoms. The average molecular weight is 499 g/mol. The Hall–Kier alpha value is -3.92. The Balaban J connectivity index is 1.36. The van der Waals surface area contributed by atoms with Crippen LogP contribution in [-0.4, -0.2) is 35.6 Å². The molecule has 7 nitrogen and oxygen atoms in total. The number of carbonyl (C=O) groups is 2. The largest absolute Gasteiger partial charge is 0.418 e.